The topological polar surface area (TPSA) is 57.0 Å². The summed E-state index contributed by atoms with van der Waals surface area (Å²) in [5.41, 5.74) is 3.65. The fourth-order valence-corrected chi connectivity index (χ4v) is 5.94. The number of aromatic nitrogens is 3. The number of hydrogen-bond donors (Lipinski definition) is 0. The molecule has 0 radical (unpaired) electrons. The van der Waals surface area contributed by atoms with Gasteiger partial charge in [-0.1, -0.05) is 18.7 Å². The van der Waals surface area contributed by atoms with E-state index in [4.69, 9.17) is 9.72 Å². The molecule has 0 spiro atoms. The van der Waals surface area contributed by atoms with Crippen molar-refractivity contribution >= 4 is 33.3 Å². The van der Waals surface area contributed by atoms with Crippen LogP contribution in [0.15, 0.2) is 22.2 Å². The third-order valence-corrected chi connectivity index (χ3v) is 7.21. The molecular weight excluding hydrogens is 378 g/mol. The fourth-order valence-electron chi connectivity index (χ4n) is 3.55. The van der Waals surface area contributed by atoms with Gasteiger partial charge in [-0.25, -0.2) is 9.97 Å². The summed E-state index contributed by atoms with van der Waals surface area (Å²) in [6.45, 7) is 4.86. The maximum absolute atomic E-state index is 13.2. The molecule has 4 rings (SSSR count). The third kappa shape index (κ3) is 3.38. The molecule has 1 aliphatic carbocycles. The number of thioether (sulfide) groups is 1. The number of nitrogens with zero attached hydrogens (tertiary/aromatic N) is 3. The van der Waals surface area contributed by atoms with Crippen molar-refractivity contribution in [2.75, 3.05) is 7.11 Å². The van der Waals surface area contributed by atoms with E-state index in [2.05, 4.69) is 18.8 Å². The van der Waals surface area contributed by atoms with Crippen LogP contribution in [0, 0.1) is 6.92 Å². The van der Waals surface area contributed by atoms with Gasteiger partial charge >= 0.3 is 0 Å². The first kappa shape index (κ1) is 18.5. The summed E-state index contributed by atoms with van der Waals surface area (Å²) in [7, 11) is 1.62. The second kappa shape index (κ2) is 7.64. The van der Waals surface area contributed by atoms with E-state index in [0.717, 1.165) is 57.9 Å². The molecule has 0 saturated heterocycles. The highest BCUT2D eigenvalue weighted by Gasteiger charge is 2.23. The van der Waals surface area contributed by atoms with Crippen molar-refractivity contribution in [1.29, 1.82) is 0 Å². The van der Waals surface area contributed by atoms with Crippen LogP contribution in [0.3, 0.4) is 0 Å². The first-order chi connectivity index (χ1) is 13.1. The van der Waals surface area contributed by atoms with Crippen LogP contribution in [0.5, 0.6) is 5.88 Å². The van der Waals surface area contributed by atoms with Crippen LogP contribution in [0.2, 0.25) is 0 Å². The Labute approximate surface area is 166 Å². The summed E-state index contributed by atoms with van der Waals surface area (Å²) in [5, 5.41) is 1.68. The molecule has 0 aliphatic heterocycles. The predicted molar refractivity (Wildman–Crippen MR) is 111 cm³/mol. The fraction of sp³-hybridized carbons (Fsp3) is 0.450. The number of ether oxygens (including phenoxy) is 1. The minimum atomic E-state index is 0.133. The van der Waals surface area contributed by atoms with Crippen molar-refractivity contribution < 1.29 is 4.74 Å². The van der Waals surface area contributed by atoms with Crippen molar-refractivity contribution in [3.05, 3.63) is 44.2 Å². The van der Waals surface area contributed by atoms with Crippen LogP contribution < -0.4 is 10.3 Å². The highest BCUT2D eigenvalue weighted by Crippen LogP contribution is 2.36. The summed E-state index contributed by atoms with van der Waals surface area (Å²) >= 11 is 3.32. The lowest BCUT2D eigenvalue weighted by Crippen LogP contribution is -2.23. The zero-order chi connectivity index (χ0) is 19.0. The number of hydrogen-bond acceptors (Lipinski definition) is 6. The molecule has 0 saturated carbocycles. The average Bonchev–Trinajstić information content (AvgIpc) is 3.24. The number of rotatable bonds is 6. The number of pyridine rings is 1. The number of thiophene rings is 1. The smallest absolute Gasteiger partial charge is 0.263 e. The largest absolute Gasteiger partial charge is 0.481 e. The van der Waals surface area contributed by atoms with E-state index in [-0.39, 0.29) is 5.56 Å². The molecule has 0 atom stereocenters. The maximum Gasteiger partial charge on any atom is 0.263 e. The quantitative estimate of drug-likeness (QED) is 0.454. The van der Waals surface area contributed by atoms with E-state index >= 15 is 0 Å². The Hall–Kier alpha value is -1.86. The number of aryl methyl sites for hydroxylation is 3. The van der Waals surface area contributed by atoms with Gasteiger partial charge in [0.15, 0.2) is 5.16 Å². The number of fused-ring (bicyclic) bond motifs is 3. The summed E-state index contributed by atoms with van der Waals surface area (Å²) in [6.07, 6.45) is 6.02. The lowest BCUT2D eigenvalue weighted by Gasteiger charge is -2.12. The van der Waals surface area contributed by atoms with Crippen molar-refractivity contribution in [1.82, 2.24) is 14.5 Å². The van der Waals surface area contributed by atoms with Crippen molar-refractivity contribution in [3.8, 4) is 5.88 Å². The molecule has 142 valence electrons. The van der Waals surface area contributed by atoms with Crippen LogP contribution in [-0.2, 0) is 25.1 Å². The molecule has 0 unspecified atom stereocenters. The summed E-state index contributed by atoms with van der Waals surface area (Å²) in [6, 6.07) is 1.94. The Bertz CT molecular complexity index is 1060. The molecule has 0 amide bonds. The van der Waals surface area contributed by atoms with E-state index in [1.807, 2.05) is 16.8 Å². The van der Waals surface area contributed by atoms with E-state index in [1.54, 1.807) is 30.2 Å². The van der Waals surface area contributed by atoms with Crippen LogP contribution in [0.4, 0.5) is 0 Å². The minimum Gasteiger partial charge on any atom is -0.481 e. The SMILES string of the molecule is CCCn1c(SCc2cnc(OC)cc2C)nc2sc3c(c2c1=O)CCC3. The van der Waals surface area contributed by atoms with E-state index < -0.39 is 0 Å². The van der Waals surface area contributed by atoms with Gasteiger partial charge in [0, 0.05) is 29.4 Å². The normalized spacial score (nSPS) is 13.3. The first-order valence-corrected chi connectivity index (χ1v) is 11.1. The summed E-state index contributed by atoms with van der Waals surface area (Å²) < 4.78 is 7.05. The van der Waals surface area contributed by atoms with E-state index in [1.165, 1.54) is 10.4 Å². The molecular formula is C20H23N3O2S2. The molecule has 3 heterocycles. The van der Waals surface area contributed by atoms with Crippen molar-refractivity contribution in [2.45, 2.75) is 57.0 Å². The zero-order valence-electron chi connectivity index (χ0n) is 15.9. The second-order valence-corrected chi connectivity index (χ2v) is 8.86. The van der Waals surface area contributed by atoms with Crippen molar-refractivity contribution in [3.63, 3.8) is 0 Å². The molecule has 5 nitrogen and oxygen atoms in total. The Morgan fingerprint density at radius 2 is 2.22 bits per heavy atom. The van der Waals surface area contributed by atoms with Gasteiger partial charge < -0.3 is 4.74 Å². The standard InChI is InChI=1S/C20H23N3O2S2/c1-4-8-23-19(24)17-14-6-5-7-15(14)27-18(17)22-20(23)26-11-13-10-21-16(25-3)9-12(13)2/h9-10H,4-8,11H2,1-3H3. The Morgan fingerprint density at radius 1 is 1.37 bits per heavy atom. The van der Waals surface area contributed by atoms with Gasteiger partial charge in [-0.15, -0.1) is 11.3 Å². The zero-order valence-corrected chi connectivity index (χ0v) is 17.5. The monoisotopic (exact) mass is 401 g/mol. The maximum atomic E-state index is 13.2. The molecule has 0 aromatic carbocycles. The second-order valence-electron chi connectivity index (χ2n) is 6.83. The van der Waals surface area contributed by atoms with Crippen LogP contribution in [0.1, 0.15) is 41.3 Å². The molecule has 1 aliphatic rings. The molecule has 0 bridgehead atoms. The lowest BCUT2D eigenvalue weighted by molar-refractivity contribution is 0.397. The Kier molecular flexibility index (Phi) is 5.23. The van der Waals surface area contributed by atoms with Crippen LogP contribution >= 0.6 is 23.1 Å². The van der Waals surface area contributed by atoms with Gasteiger partial charge in [-0.05, 0) is 49.3 Å². The lowest BCUT2D eigenvalue weighted by atomic mass is 10.2. The average molecular weight is 402 g/mol. The summed E-state index contributed by atoms with van der Waals surface area (Å²) in [4.78, 5) is 24.7. The van der Waals surface area contributed by atoms with E-state index in [0.29, 0.717) is 12.4 Å². The molecule has 0 fully saturated rings. The third-order valence-electron chi connectivity index (χ3n) is 5.00. The molecule has 3 aromatic heterocycles. The molecule has 7 heteroatoms. The first-order valence-electron chi connectivity index (χ1n) is 9.29. The number of methoxy groups -OCH3 is 1. The minimum absolute atomic E-state index is 0.133. The van der Waals surface area contributed by atoms with Gasteiger partial charge in [0.05, 0.1) is 12.5 Å². The summed E-state index contributed by atoms with van der Waals surface area (Å²) in [5.74, 6) is 1.35. The van der Waals surface area contributed by atoms with Gasteiger partial charge in [0.25, 0.3) is 5.56 Å². The van der Waals surface area contributed by atoms with Gasteiger partial charge in [-0.2, -0.15) is 0 Å². The Morgan fingerprint density at radius 3 is 2.96 bits per heavy atom. The molecule has 3 aromatic rings. The predicted octanol–water partition coefficient (Wildman–Crippen LogP) is 4.36. The van der Waals surface area contributed by atoms with Crippen molar-refractivity contribution in [2.24, 2.45) is 0 Å². The van der Waals surface area contributed by atoms with Crippen LogP contribution in [-0.4, -0.2) is 21.6 Å². The molecule has 27 heavy (non-hydrogen) atoms. The van der Waals surface area contributed by atoms with Gasteiger partial charge in [0.1, 0.15) is 4.83 Å². The highest BCUT2D eigenvalue weighted by atomic mass is 32.2. The Balaban J connectivity index is 1.70. The van der Waals surface area contributed by atoms with Gasteiger partial charge in [0.2, 0.25) is 5.88 Å². The van der Waals surface area contributed by atoms with Crippen LogP contribution in [0.25, 0.3) is 10.2 Å². The van der Waals surface area contributed by atoms with E-state index in [9.17, 15) is 4.79 Å². The van der Waals surface area contributed by atoms with Gasteiger partial charge in [-0.3, -0.25) is 9.36 Å². The highest BCUT2D eigenvalue weighted by molar-refractivity contribution is 7.98. The molecule has 0 N–H and O–H groups in total.